The van der Waals surface area contributed by atoms with Crippen LogP contribution in [0, 0.1) is 6.92 Å². The van der Waals surface area contributed by atoms with Crippen molar-refractivity contribution in [3.8, 4) is 5.75 Å². The lowest BCUT2D eigenvalue weighted by Crippen LogP contribution is -2.52. The molecule has 1 aromatic carbocycles. The van der Waals surface area contributed by atoms with Crippen LogP contribution in [-0.2, 0) is 4.79 Å². The lowest BCUT2D eigenvalue weighted by Gasteiger charge is -2.29. The highest BCUT2D eigenvalue weighted by atomic mass is 35.5. The van der Waals surface area contributed by atoms with E-state index in [4.69, 9.17) is 10.5 Å². The van der Waals surface area contributed by atoms with Gasteiger partial charge in [-0.2, -0.15) is 0 Å². The Bertz CT molecular complexity index is 450. The molecule has 0 radical (unpaired) electrons. The minimum absolute atomic E-state index is 0. The highest BCUT2D eigenvalue weighted by molar-refractivity contribution is 5.85. The molecule has 5 heteroatoms. The summed E-state index contributed by atoms with van der Waals surface area (Å²) in [5, 5.41) is 0. The van der Waals surface area contributed by atoms with Crippen LogP contribution in [0.5, 0.6) is 5.75 Å². The predicted molar refractivity (Wildman–Crippen MR) is 89.1 cm³/mol. The lowest BCUT2D eigenvalue weighted by molar-refractivity contribution is -0.135. The van der Waals surface area contributed by atoms with E-state index < -0.39 is 5.54 Å². The van der Waals surface area contributed by atoms with Gasteiger partial charge in [0.25, 0.3) is 0 Å². The fourth-order valence-electron chi connectivity index (χ4n) is 2.17. The zero-order chi connectivity index (χ0) is 15.2. The molecule has 0 saturated carbocycles. The third-order valence-corrected chi connectivity index (χ3v) is 3.38. The molecule has 0 heterocycles. The van der Waals surface area contributed by atoms with Gasteiger partial charge in [0.1, 0.15) is 12.4 Å². The van der Waals surface area contributed by atoms with Crippen LogP contribution in [0.3, 0.4) is 0 Å². The lowest BCUT2D eigenvalue weighted by atomic mass is 9.96. The smallest absolute Gasteiger partial charge is 0.242 e. The molecule has 0 saturated heterocycles. The second-order valence-corrected chi connectivity index (χ2v) is 5.51. The Balaban J connectivity index is 0.00000400. The van der Waals surface area contributed by atoms with Crippen molar-refractivity contribution in [3.63, 3.8) is 0 Å². The van der Waals surface area contributed by atoms with Gasteiger partial charge < -0.3 is 15.4 Å². The van der Waals surface area contributed by atoms with Crippen molar-refractivity contribution in [2.45, 2.75) is 39.2 Å². The van der Waals surface area contributed by atoms with E-state index in [1.807, 2.05) is 38.1 Å². The number of carbonyl (C=O) groups excluding carboxylic acids is 1. The van der Waals surface area contributed by atoms with Gasteiger partial charge in [0.05, 0.1) is 12.1 Å². The molecule has 0 bridgehead atoms. The number of aryl methyl sites for hydroxylation is 1. The molecule has 1 amide bonds. The van der Waals surface area contributed by atoms with Crippen molar-refractivity contribution < 1.29 is 9.53 Å². The molecular formula is C16H27ClN2O2. The number of halogens is 1. The van der Waals surface area contributed by atoms with Crippen LogP contribution in [0.2, 0.25) is 0 Å². The standard InChI is InChI=1S/C16H26N2O2.ClH/c1-5-10-16(3,17)15(19)18(4)11-12-20-14-9-7-6-8-13(14)2;/h6-9H,5,10-12,17H2,1-4H3;1H. The average molecular weight is 315 g/mol. The minimum atomic E-state index is -0.786. The molecule has 21 heavy (non-hydrogen) atoms. The van der Waals surface area contributed by atoms with Crippen molar-refractivity contribution in [2.75, 3.05) is 20.2 Å². The molecule has 2 N–H and O–H groups in total. The fraction of sp³-hybridized carbons (Fsp3) is 0.562. The molecule has 0 fully saturated rings. The van der Waals surface area contributed by atoms with Gasteiger partial charge in [-0.1, -0.05) is 31.5 Å². The van der Waals surface area contributed by atoms with E-state index in [1.54, 1.807) is 18.9 Å². The summed E-state index contributed by atoms with van der Waals surface area (Å²) in [6.07, 6.45) is 1.58. The van der Waals surface area contributed by atoms with Crippen molar-refractivity contribution in [3.05, 3.63) is 29.8 Å². The number of amides is 1. The molecule has 1 unspecified atom stereocenters. The van der Waals surface area contributed by atoms with Gasteiger partial charge in [0.2, 0.25) is 5.91 Å². The van der Waals surface area contributed by atoms with Crippen molar-refractivity contribution in [1.82, 2.24) is 4.90 Å². The Morgan fingerprint density at radius 2 is 2.00 bits per heavy atom. The van der Waals surface area contributed by atoms with Gasteiger partial charge in [-0.25, -0.2) is 0 Å². The van der Waals surface area contributed by atoms with E-state index in [-0.39, 0.29) is 18.3 Å². The quantitative estimate of drug-likeness (QED) is 0.842. The number of nitrogens with zero attached hydrogens (tertiary/aromatic N) is 1. The topological polar surface area (TPSA) is 55.6 Å². The van der Waals surface area contributed by atoms with E-state index >= 15 is 0 Å². The van der Waals surface area contributed by atoms with Crippen molar-refractivity contribution in [2.24, 2.45) is 5.73 Å². The number of ether oxygens (including phenoxy) is 1. The number of benzene rings is 1. The summed E-state index contributed by atoms with van der Waals surface area (Å²) in [6.45, 7) is 6.82. The summed E-state index contributed by atoms with van der Waals surface area (Å²) in [6, 6.07) is 7.85. The van der Waals surface area contributed by atoms with E-state index in [0.717, 1.165) is 17.7 Å². The molecular weight excluding hydrogens is 288 g/mol. The SMILES string of the molecule is CCCC(C)(N)C(=O)N(C)CCOc1ccccc1C.Cl. The maximum Gasteiger partial charge on any atom is 0.242 e. The van der Waals surface area contributed by atoms with Gasteiger partial charge in [-0.3, -0.25) is 4.79 Å². The summed E-state index contributed by atoms with van der Waals surface area (Å²) in [5.41, 5.74) is 6.35. The first-order valence-electron chi connectivity index (χ1n) is 7.11. The summed E-state index contributed by atoms with van der Waals surface area (Å²) >= 11 is 0. The second kappa shape index (κ2) is 8.90. The molecule has 1 atom stereocenters. The molecule has 4 nitrogen and oxygen atoms in total. The molecule has 120 valence electrons. The van der Waals surface area contributed by atoms with Gasteiger partial charge in [0.15, 0.2) is 0 Å². The van der Waals surface area contributed by atoms with Crippen LogP contribution in [0.4, 0.5) is 0 Å². The molecule has 0 aromatic heterocycles. The first-order valence-corrected chi connectivity index (χ1v) is 7.11. The Morgan fingerprint density at radius 1 is 1.38 bits per heavy atom. The maximum absolute atomic E-state index is 12.2. The summed E-state index contributed by atoms with van der Waals surface area (Å²) in [4.78, 5) is 13.9. The highest BCUT2D eigenvalue weighted by Crippen LogP contribution is 2.16. The van der Waals surface area contributed by atoms with Gasteiger partial charge >= 0.3 is 0 Å². The third-order valence-electron chi connectivity index (χ3n) is 3.38. The molecule has 0 aliphatic rings. The fourth-order valence-corrected chi connectivity index (χ4v) is 2.17. The number of hydrogen-bond donors (Lipinski definition) is 1. The minimum Gasteiger partial charge on any atom is -0.491 e. The van der Waals surface area contributed by atoms with Crippen LogP contribution < -0.4 is 10.5 Å². The van der Waals surface area contributed by atoms with Crippen LogP contribution in [0.1, 0.15) is 32.3 Å². The largest absolute Gasteiger partial charge is 0.491 e. The number of likely N-dealkylation sites (N-methyl/N-ethyl adjacent to an activating group) is 1. The Kier molecular flexibility index (Phi) is 8.37. The normalized spacial score (nSPS) is 13.0. The van der Waals surface area contributed by atoms with E-state index in [1.165, 1.54) is 0 Å². The molecule has 0 spiro atoms. The van der Waals surface area contributed by atoms with Crippen LogP contribution >= 0.6 is 12.4 Å². The summed E-state index contributed by atoms with van der Waals surface area (Å²) in [5.74, 6) is 0.824. The monoisotopic (exact) mass is 314 g/mol. The third kappa shape index (κ3) is 5.94. The number of carbonyl (C=O) groups is 1. The Labute approximate surface area is 134 Å². The van der Waals surface area contributed by atoms with Gasteiger partial charge in [-0.05, 0) is 31.9 Å². The van der Waals surface area contributed by atoms with Gasteiger partial charge in [0, 0.05) is 7.05 Å². The van der Waals surface area contributed by atoms with E-state index in [2.05, 4.69) is 0 Å². The highest BCUT2D eigenvalue weighted by Gasteiger charge is 2.29. The van der Waals surface area contributed by atoms with Crippen LogP contribution in [-0.4, -0.2) is 36.5 Å². The predicted octanol–water partition coefficient (Wildman–Crippen LogP) is 2.77. The number of nitrogens with two attached hydrogens (primary N) is 1. The zero-order valence-corrected chi connectivity index (χ0v) is 14.2. The first kappa shape index (κ1) is 19.7. The number of rotatable bonds is 7. The van der Waals surface area contributed by atoms with Crippen LogP contribution in [0.15, 0.2) is 24.3 Å². The number of para-hydroxylation sites is 1. The van der Waals surface area contributed by atoms with Crippen molar-refractivity contribution in [1.29, 1.82) is 0 Å². The Hall–Kier alpha value is -1.26. The average Bonchev–Trinajstić information content (AvgIpc) is 2.40. The van der Waals surface area contributed by atoms with Gasteiger partial charge in [-0.15, -0.1) is 12.4 Å². The molecule has 1 aromatic rings. The molecule has 1 rings (SSSR count). The van der Waals surface area contributed by atoms with E-state index in [9.17, 15) is 4.79 Å². The summed E-state index contributed by atoms with van der Waals surface area (Å²) in [7, 11) is 1.77. The number of hydrogen-bond acceptors (Lipinski definition) is 3. The van der Waals surface area contributed by atoms with Crippen LogP contribution in [0.25, 0.3) is 0 Å². The summed E-state index contributed by atoms with van der Waals surface area (Å²) < 4.78 is 5.70. The second-order valence-electron chi connectivity index (χ2n) is 5.51. The first-order chi connectivity index (χ1) is 9.38. The Morgan fingerprint density at radius 3 is 2.57 bits per heavy atom. The maximum atomic E-state index is 12.2. The molecule has 0 aliphatic carbocycles. The molecule has 0 aliphatic heterocycles. The zero-order valence-electron chi connectivity index (χ0n) is 13.4. The van der Waals surface area contributed by atoms with Crippen molar-refractivity contribution >= 4 is 18.3 Å². The van der Waals surface area contributed by atoms with E-state index in [0.29, 0.717) is 19.6 Å².